The Morgan fingerprint density at radius 2 is 1.96 bits per heavy atom. The van der Waals surface area contributed by atoms with Crippen molar-refractivity contribution in [3.05, 3.63) is 77.2 Å². The zero-order chi connectivity index (χ0) is 19.4. The van der Waals surface area contributed by atoms with E-state index in [4.69, 9.17) is 4.74 Å². The summed E-state index contributed by atoms with van der Waals surface area (Å²) in [4.78, 5) is 15.7. The minimum absolute atomic E-state index is 0.0899. The number of anilines is 1. The maximum Gasteiger partial charge on any atom is 0.339 e. The molecule has 0 atom stereocenters. The van der Waals surface area contributed by atoms with Crippen LogP contribution < -0.4 is 10.1 Å². The number of hydrogen-bond donors (Lipinski definition) is 2. The number of halogens is 1. The van der Waals surface area contributed by atoms with Gasteiger partial charge in [-0.15, -0.1) is 0 Å². The summed E-state index contributed by atoms with van der Waals surface area (Å²) < 4.78 is 19.1. The molecule has 2 aromatic carbocycles. The highest BCUT2D eigenvalue weighted by Crippen LogP contribution is 2.27. The van der Waals surface area contributed by atoms with E-state index < -0.39 is 5.97 Å². The van der Waals surface area contributed by atoms with Crippen LogP contribution in [0.5, 0.6) is 5.75 Å². The van der Waals surface area contributed by atoms with Crippen molar-refractivity contribution in [3.8, 4) is 16.9 Å². The molecule has 0 spiro atoms. The van der Waals surface area contributed by atoms with Gasteiger partial charge in [0, 0.05) is 23.9 Å². The summed E-state index contributed by atoms with van der Waals surface area (Å²) in [6.45, 7) is 2.05. The standard InChI is InChI=1S/C21H19FN2O3/c1-13-4-3-5-16(20(13)22)12-24-19-9-7-15(11-23-19)14-6-8-18(27-2)17(10-14)21(25)26/h3-11H,12H2,1-2H3,(H,23,24)(H,25,26). The summed E-state index contributed by atoms with van der Waals surface area (Å²) in [6, 6.07) is 13.8. The van der Waals surface area contributed by atoms with Crippen molar-refractivity contribution in [1.29, 1.82) is 0 Å². The first kappa shape index (κ1) is 18.4. The highest BCUT2D eigenvalue weighted by atomic mass is 19.1. The van der Waals surface area contributed by atoms with Crippen LogP contribution in [0.1, 0.15) is 21.5 Å². The minimum Gasteiger partial charge on any atom is -0.496 e. The zero-order valence-electron chi connectivity index (χ0n) is 15.0. The largest absolute Gasteiger partial charge is 0.496 e. The Kier molecular flexibility index (Phi) is 5.35. The number of benzene rings is 2. The van der Waals surface area contributed by atoms with Crippen molar-refractivity contribution in [1.82, 2.24) is 4.98 Å². The lowest BCUT2D eigenvalue weighted by Gasteiger charge is -2.10. The number of aromatic nitrogens is 1. The topological polar surface area (TPSA) is 71.5 Å². The number of rotatable bonds is 6. The Morgan fingerprint density at radius 3 is 2.63 bits per heavy atom. The van der Waals surface area contributed by atoms with Crippen molar-refractivity contribution in [2.75, 3.05) is 12.4 Å². The van der Waals surface area contributed by atoms with E-state index in [0.29, 0.717) is 29.2 Å². The maximum absolute atomic E-state index is 14.0. The molecule has 5 nitrogen and oxygen atoms in total. The van der Waals surface area contributed by atoms with E-state index in [9.17, 15) is 14.3 Å². The number of methoxy groups -OCH3 is 1. The van der Waals surface area contributed by atoms with Gasteiger partial charge in [0.1, 0.15) is 22.9 Å². The second kappa shape index (κ2) is 7.86. The molecular formula is C21H19FN2O3. The van der Waals surface area contributed by atoms with Crippen molar-refractivity contribution < 1.29 is 19.0 Å². The average molecular weight is 366 g/mol. The van der Waals surface area contributed by atoms with Crippen LogP contribution in [0.2, 0.25) is 0 Å². The number of nitrogens with zero attached hydrogens (tertiary/aromatic N) is 1. The van der Waals surface area contributed by atoms with Crippen LogP contribution in [-0.4, -0.2) is 23.2 Å². The van der Waals surface area contributed by atoms with Gasteiger partial charge >= 0.3 is 5.97 Å². The van der Waals surface area contributed by atoms with Crippen LogP contribution in [-0.2, 0) is 6.54 Å². The normalized spacial score (nSPS) is 10.5. The second-order valence-electron chi connectivity index (χ2n) is 6.05. The van der Waals surface area contributed by atoms with Gasteiger partial charge in [0.15, 0.2) is 0 Å². The first-order valence-corrected chi connectivity index (χ1v) is 8.35. The minimum atomic E-state index is -1.06. The Balaban J connectivity index is 1.76. The average Bonchev–Trinajstić information content (AvgIpc) is 2.69. The van der Waals surface area contributed by atoms with Crippen LogP contribution in [0, 0.1) is 12.7 Å². The van der Waals surface area contributed by atoms with Gasteiger partial charge in [-0.2, -0.15) is 0 Å². The Labute approximate surface area is 156 Å². The van der Waals surface area contributed by atoms with Gasteiger partial charge in [-0.3, -0.25) is 0 Å². The van der Waals surface area contributed by atoms with Crippen LogP contribution >= 0.6 is 0 Å². The first-order valence-electron chi connectivity index (χ1n) is 8.35. The molecule has 27 heavy (non-hydrogen) atoms. The lowest BCUT2D eigenvalue weighted by molar-refractivity contribution is 0.0693. The van der Waals surface area contributed by atoms with E-state index in [1.807, 2.05) is 12.1 Å². The molecule has 3 rings (SSSR count). The summed E-state index contributed by atoms with van der Waals surface area (Å²) >= 11 is 0. The van der Waals surface area contributed by atoms with Crippen LogP contribution in [0.3, 0.4) is 0 Å². The lowest BCUT2D eigenvalue weighted by Crippen LogP contribution is -2.04. The predicted octanol–water partition coefficient (Wildman–Crippen LogP) is 4.52. The third-order valence-corrected chi connectivity index (χ3v) is 4.26. The van der Waals surface area contributed by atoms with Crippen molar-refractivity contribution in [2.45, 2.75) is 13.5 Å². The molecule has 0 aliphatic carbocycles. The third kappa shape index (κ3) is 4.06. The number of aryl methyl sites for hydroxylation is 1. The molecule has 0 unspecified atom stereocenters. The molecule has 0 aliphatic heterocycles. The highest BCUT2D eigenvalue weighted by Gasteiger charge is 2.12. The number of nitrogens with one attached hydrogen (secondary N) is 1. The summed E-state index contributed by atoms with van der Waals surface area (Å²) in [5.74, 6) is -0.370. The zero-order valence-corrected chi connectivity index (χ0v) is 15.0. The molecule has 6 heteroatoms. The molecule has 1 aromatic heterocycles. The van der Waals surface area contributed by atoms with E-state index in [1.54, 1.807) is 49.5 Å². The Bertz CT molecular complexity index is 972. The number of carboxylic acid groups (broad SMARTS) is 1. The van der Waals surface area contributed by atoms with Crippen molar-refractivity contribution >= 4 is 11.8 Å². The molecule has 0 saturated heterocycles. The van der Waals surface area contributed by atoms with E-state index in [-0.39, 0.29) is 11.4 Å². The van der Waals surface area contributed by atoms with Crippen molar-refractivity contribution in [2.24, 2.45) is 0 Å². The van der Waals surface area contributed by atoms with Gasteiger partial charge in [0.25, 0.3) is 0 Å². The number of carboxylic acids is 1. The van der Waals surface area contributed by atoms with Gasteiger partial charge in [0.05, 0.1) is 7.11 Å². The van der Waals surface area contributed by atoms with Gasteiger partial charge in [-0.1, -0.05) is 24.3 Å². The number of carbonyl (C=O) groups is 1. The summed E-state index contributed by atoms with van der Waals surface area (Å²) in [5, 5.41) is 12.4. The quantitative estimate of drug-likeness (QED) is 0.671. The van der Waals surface area contributed by atoms with E-state index >= 15 is 0 Å². The van der Waals surface area contributed by atoms with Crippen LogP contribution in [0.25, 0.3) is 11.1 Å². The van der Waals surface area contributed by atoms with Gasteiger partial charge in [0.2, 0.25) is 0 Å². The number of ether oxygens (including phenoxy) is 1. The van der Waals surface area contributed by atoms with Crippen molar-refractivity contribution in [3.63, 3.8) is 0 Å². The second-order valence-corrected chi connectivity index (χ2v) is 6.05. The van der Waals surface area contributed by atoms with Gasteiger partial charge in [-0.05, 0) is 42.3 Å². The van der Waals surface area contributed by atoms with E-state index in [0.717, 1.165) is 11.1 Å². The fourth-order valence-electron chi connectivity index (χ4n) is 2.75. The maximum atomic E-state index is 14.0. The fourth-order valence-corrected chi connectivity index (χ4v) is 2.75. The third-order valence-electron chi connectivity index (χ3n) is 4.26. The monoisotopic (exact) mass is 366 g/mol. The molecular weight excluding hydrogens is 347 g/mol. The molecule has 1 heterocycles. The van der Waals surface area contributed by atoms with Crippen LogP contribution in [0.15, 0.2) is 54.7 Å². The molecule has 138 valence electrons. The van der Waals surface area contributed by atoms with Gasteiger partial charge < -0.3 is 15.2 Å². The summed E-state index contributed by atoms with van der Waals surface area (Å²) in [7, 11) is 1.43. The fraction of sp³-hybridized carbons (Fsp3) is 0.143. The van der Waals surface area contributed by atoms with Crippen LogP contribution in [0.4, 0.5) is 10.2 Å². The molecule has 0 saturated carbocycles. The number of pyridine rings is 1. The predicted molar refractivity (Wildman–Crippen MR) is 102 cm³/mol. The first-order chi connectivity index (χ1) is 13.0. The molecule has 0 fully saturated rings. The highest BCUT2D eigenvalue weighted by molar-refractivity contribution is 5.92. The summed E-state index contributed by atoms with van der Waals surface area (Å²) in [6.07, 6.45) is 1.64. The number of hydrogen-bond acceptors (Lipinski definition) is 4. The molecule has 2 N–H and O–H groups in total. The molecule has 3 aromatic rings. The Hall–Kier alpha value is -3.41. The smallest absolute Gasteiger partial charge is 0.339 e. The molecule has 0 amide bonds. The summed E-state index contributed by atoms with van der Waals surface area (Å²) in [5.41, 5.74) is 2.75. The van der Waals surface area contributed by atoms with Gasteiger partial charge in [-0.25, -0.2) is 14.2 Å². The molecule has 0 aliphatic rings. The van der Waals surface area contributed by atoms with E-state index in [2.05, 4.69) is 10.3 Å². The lowest BCUT2D eigenvalue weighted by atomic mass is 10.0. The molecule has 0 bridgehead atoms. The van der Waals surface area contributed by atoms with E-state index in [1.165, 1.54) is 7.11 Å². The SMILES string of the molecule is COc1ccc(-c2ccc(NCc3cccc(C)c3F)nc2)cc1C(=O)O. The molecule has 0 radical (unpaired) electrons. The Morgan fingerprint density at radius 1 is 1.19 bits per heavy atom. The number of aromatic carboxylic acids is 1.